The molecule has 0 spiro atoms. The summed E-state index contributed by atoms with van der Waals surface area (Å²) < 4.78 is 25.0. The highest BCUT2D eigenvalue weighted by molar-refractivity contribution is 6.20. The van der Waals surface area contributed by atoms with Crippen molar-refractivity contribution in [3.05, 3.63) is 41.0 Å². The molecule has 1 aliphatic heterocycles. The van der Waals surface area contributed by atoms with E-state index < -0.39 is 41.0 Å². The molecule has 0 aromatic heterocycles. The summed E-state index contributed by atoms with van der Waals surface area (Å²) in [6.45, 7) is 2.90. The van der Waals surface area contributed by atoms with Gasteiger partial charge in [-0.15, -0.1) is 0 Å². The van der Waals surface area contributed by atoms with Gasteiger partial charge in [0.2, 0.25) is 5.54 Å². The molecule has 168 valence electrons. The highest BCUT2D eigenvalue weighted by Crippen LogP contribution is 2.41. The SMILES string of the molecule is CCOC(=O)C1(C(=O)OCC)NC(c2ccc(OC)cc2)C(C(=O)OC)=C1C(=O)OC. The minimum Gasteiger partial charge on any atom is -0.497 e. The van der Waals surface area contributed by atoms with Crippen molar-refractivity contribution in [3.8, 4) is 5.75 Å². The fourth-order valence-electron chi connectivity index (χ4n) is 3.33. The Balaban J connectivity index is 2.83. The lowest BCUT2D eigenvalue weighted by Crippen LogP contribution is -2.60. The number of esters is 4. The maximum atomic E-state index is 13.0. The van der Waals surface area contributed by atoms with Crippen molar-refractivity contribution >= 4 is 23.9 Å². The number of ether oxygens (including phenoxy) is 5. The molecule has 0 aliphatic carbocycles. The molecule has 1 atom stereocenters. The van der Waals surface area contributed by atoms with Crippen LogP contribution in [0.1, 0.15) is 25.5 Å². The van der Waals surface area contributed by atoms with Crippen LogP contribution in [0, 0.1) is 0 Å². The van der Waals surface area contributed by atoms with Crippen LogP contribution in [0.25, 0.3) is 0 Å². The molecular formula is C21H25NO9. The van der Waals surface area contributed by atoms with Crippen molar-refractivity contribution in [3.63, 3.8) is 0 Å². The summed E-state index contributed by atoms with van der Waals surface area (Å²) in [5.41, 5.74) is -2.77. The highest BCUT2D eigenvalue weighted by Gasteiger charge is 2.63. The van der Waals surface area contributed by atoms with Gasteiger partial charge in [0, 0.05) is 0 Å². The Kier molecular flexibility index (Phi) is 7.76. The van der Waals surface area contributed by atoms with Crippen LogP contribution in [-0.4, -0.2) is 64.0 Å². The molecule has 0 fully saturated rings. The van der Waals surface area contributed by atoms with E-state index in [9.17, 15) is 19.2 Å². The van der Waals surface area contributed by atoms with Gasteiger partial charge in [0.1, 0.15) is 5.75 Å². The van der Waals surface area contributed by atoms with Gasteiger partial charge in [-0.05, 0) is 31.5 Å². The van der Waals surface area contributed by atoms with Gasteiger partial charge in [-0.1, -0.05) is 12.1 Å². The second kappa shape index (κ2) is 10.1. The lowest BCUT2D eigenvalue weighted by Gasteiger charge is -2.28. The molecule has 0 bridgehead atoms. The van der Waals surface area contributed by atoms with Crippen molar-refractivity contribution in [1.82, 2.24) is 5.32 Å². The zero-order chi connectivity index (χ0) is 23.2. The van der Waals surface area contributed by atoms with Crippen molar-refractivity contribution in [1.29, 1.82) is 0 Å². The van der Waals surface area contributed by atoms with Crippen LogP contribution in [0.15, 0.2) is 35.4 Å². The Labute approximate surface area is 179 Å². The molecule has 0 amide bonds. The average molecular weight is 435 g/mol. The van der Waals surface area contributed by atoms with Crippen LogP contribution in [0.5, 0.6) is 5.75 Å². The van der Waals surface area contributed by atoms with Crippen LogP contribution in [0.4, 0.5) is 0 Å². The molecule has 1 aromatic carbocycles. The molecular weight excluding hydrogens is 410 g/mol. The Morgan fingerprint density at radius 3 is 1.81 bits per heavy atom. The number of hydrogen-bond donors (Lipinski definition) is 1. The maximum absolute atomic E-state index is 13.0. The summed E-state index contributed by atoms with van der Waals surface area (Å²) in [6.07, 6.45) is 0. The molecule has 10 heteroatoms. The first-order valence-electron chi connectivity index (χ1n) is 9.49. The van der Waals surface area contributed by atoms with E-state index in [1.165, 1.54) is 21.0 Å². The van der Waals surface area contributed by atoms with Gasteiger partial charge in [0.25, 0.3) is 0 Å². The number of methoxy groups -OCH3 is 3. The maximum Gasteiger partial charge on any atom is 0.343 e. The van der Waals surface area contributed by atoms with Gasteiger partial charge >= 0.3 is 23.9 Å². The number of carbonyl (C=O) groups is 4. The summed E-state index contributed by atoms with van der Waals surface area (Å²) >= 11 is 0. The summed E-state index contributed by atoms with van der Waals surface area (Å²) in [7, 11) is 3.67. The van der Waals surface area contributed by atoms with Crippen molar-refractivity contribution in [2.75, 3.05) is 34.5 Å². The van der Waals surface area contributed by atoms with Gasteiger partial charge in [0.15, 0.2) is 0 Å². The van der Waals surface area contributed by atoms with Crippen molar-refractivity contribution in [2.45, 2.75) is 25.4 Å². The van der Waals surface area contributed by atoms with Crippen molar-refractivity contribution in [2.24, 2.45) is 0 Å². The molecule has 1 heterocycles. The Hall–Kier alpha value is -3.40. The van der Waals surface area contributed by atoms with Gasteiger partial charge < -0.3 is 23.7 Å². The molecule has 0 radical (unpaired) electrons. The summed E-state index contributed by atoms with van der Waals surface area (Å²) in [4.78, 5) is 51.6. The first-order valence-corrected chi connectivity index (χ1v) is 9.49. The number of hydrogen-bond acceptors (Lipinski definition) is 10. The number of benzene rings is 1. The molecule has 1 unspecified atom stereocenters. The Bertz CT molecular complexity index is 871. The fourth-order valence-corrected chi connectivity index (χ4v) is 3.33. The minimum atomic E-state index is -2.42. The van der Waals surface area contributed by atoms with Gasteiger partial charge in [0.05, 0.1) is 51.7 Å². The lowest BCUT2D eigenvalue weighted by atomic mass is 9.88. The van der Waals surface area contributed by atoms with Crippen LogP contribution in [0.3, 0.4) is 0 Å². The van der Waals surface area contributed by atoms with Crippen LogP contribution < -0.4 is 10.1 Å². The van der Waals surface area contributed by atoms with Crippen molar-refractivity contribution < 1.29 is 42.9 Å². The van der Waals surface area contributed by atoms with Crippen LogP contribution >= 0.6 is 0 Å². The number of carbonyl (C=O) groups excluding carboxylic acids is 4. The van der Waals surface area contributed by atoms with E-state index in [0.29, 0.717) is 11.3 Å². The Morgan fingerprint density at radius 1 is 0.871 bits per heavy atom. The third kappa shape index (κ3) is 4.24. The molecule has 31 heavy (non-hydrogen) atoms. The fraction of sp³-hybridized carbons (Fsp3) is 0.429. The second-order valence-corrected chi connectivity index (χ2v) is 6.31. The standard InChI is InChI=1S/C21H25NO9/c1-6-30-19(25)21(20(26)31-7-2)15(18(24)29-5)14(17(23)28-4)16(22-21)12-8-10-13(27-3)11-9-12/h8-11,16,22H,6-7H2,1-5H3. The predicted molar refractivity (Wildman–Crippen MR) is 106 cm³/mol. The molecule has 2 rings (SSSR count). The third-order valence-corrected chi connectivity index (χ3v) is 4.70. The molecule has 1 N–H and O–H groups in total. The Morgan fingerprint density at radius 2 is 1.39 bits per heavy atom. The molecule has 0 saturated heterocycles. The van der Waals surface area contributed by atoms with E-state index in [1.54, 1.807) is 24.3 Å². The predicted octanol–water partition coefficient (Wildman–Crippen LogP) is 0.847. The number of nitrogens with one attached hydrogen (secondary N) is 1. The first kappa shape index (κ1) is 23.9. The average Bonchev–Trinajstić information content (AvgIpc) is 3.15. The minimum absolute atomic E-state index is 0.0864. The molecule has 0 saturated carbocycles. The topological polar surface area (TPSA) is 126 Å². The normalized spacial score (nSPS) is 17.0. The summed E-state index contributed by atoms with van der Waals surface area (Å²) in [5, 5.41) is 2.79. The van der Waals surface area contributed by atoms with E-state index in [-0.39, 0.29) is 18.8 Å². The van der Waals surface area contributed by atoms with Gasteiger partial charge in [-0.25, -0.2) is 19.2 Å². The second-order valence-electron chi connectivity index (χ2n) is 6.31. The van der Waals surface area contributed by atoms with Crippen LogP contribution in [0.2, 0.25) is 0 Å². The molecule has 10 nitrogen and oxygen atoms in total. The smallest absolute Gasteiger partial charge is 0.343 e. The van der Waals surface area contributed by atoms with E-state index in [4.69, 9.17) is 23.7 Å². The quantitative estimate of drug-likeness (QED) is 0.357. The van der Waals surface area contributed by atoms with Gasteiger partial charge in [-0.2, -0.15) is 0 Å². The first-order chi connectivity index (χ1) is 14.8. The number of rotatable bonds is 8. The lowest BCUT2D eigenvalue weighted by molar-refractivity contribution is -0.165. The van der Waals surface area contributed by atoms with Crippen LogP contribution in [-0.2, 0) is 38.1 Å². The monoisotopic (exact) mass is 435 g/mol. The zero-order valence-corrected chi connectivity index (χ0v) is 18.0. The summed E-state index contributed by atoms with van der Waals surface area (Å²) in [6, 6.07) is 5.39. The molecule has 1 aliphatic rings. The van der Waals surface area contributed by atoms with E-state index >= 15 is 0 Å². The largest absolute Gasteiger partial charge is 0.497 e. The van der Waals surface area contributed by atoms with E-state index in [1.807, 2.05) is 0 Å². The third-order valence-electron chi connectivity index (χ3n) is 4.70. The van der Waals surface area contributed by atoms with Gasteiger partial charge in [-0.3, -0.25) is 5.32 Å². The van der Waals surface area contributed by atoms with E-state index in [2.05, 4.69) is 5.32 Å². The highest BCUT2D eigenvalue weighted by atomic mass is 16.6. The zero-order valence-electron chi connectivity index (χ0n) is 18.0. The van der Waals surface area contributed by atoms with E-state index in [0.717, 1.165) is 14.2 Å². The molecule has 1 aromatic rings. The summed E-state index contributed by atoms with van der Waals surface area (Å²) in [5.74, 6) is -3.67.